The van der Waals surface area contributed by atoms with E-state index in [0.717, 1.165) is 0 Å². The number of ether oxygens (including phenoxy) is 1. The molecule has 1 heterocycles. The zero-order valence-electron chi connectivity index (χ0n) is 20.0. The molecule has 184 valence electrons. The first-order valence-electron chi connectivity index (χ1n) is 11.2. The number of aromatic nitrogens is 3. The van der Waals surface area contributed by atoms with E-state index in [1.54, 1.807) is 61.7 Å². The van der Waals surface area contributed by atoms with Crippen molar-refractivity contribution < 1.29 is 14.3 Å². The van der Waals surface area contributed by atoms with E-state index in [2.05, 4.69) is 35.9 Å². The van der Waals surface area contributed by atoms with Crippen LogP contribution in [0.2, 0.25) is 5.02 Å². The fraction of sp³-hybridized carbons (Fsp3) is 0.308. The number of halogens is 1. The molecule has 7 nitrogen and oxygen atoms in total. The lowest BCUT2D eigenvalue weighted by Gasteiger charge is -2.21. The molecule has 0 aliphatic rings. The standard InChI is InChI=1S/C26H29ClN4O3S/c1-5-14-31-24(22(15-17(2)3)28-25(33)20-8-6-7-9-21(20)27)29-30-26(31)35-16-23(32)18-10-12-19(34-4)13-11-18/h5-13,17,22H,1,14-16H2,2-4H3,(H,28,33)/t22-/m0/s1. The van der Waals surface area contributed by atoms with Crippen molar-refractivity contribution in [3.63, 3.8) is 0 Å². The molecule has 0 saturated heterocycles. The second-order valence-corrected chi connectivity index (χ2v) is 9.67. The molecule has 0 fully saturated rings. The van der Waals surface area contributed by atoms with E-state index in [0.29, 0.717) is 45.8 Å². The van der Waals surface area contributed by atoms with E-state index >= 15 is 0 Å². The van der Waals surface area contributed by atoms with Crippen molar-refractivity contribution in [1.82, 2.24) is 20.1 Å². The Balaban J connectivity index is 1.81. The van der Waals surface area contributed by atoms with Crippen molar-refractivity contribution in [1.29, 1.82) is 0 Å². The minimum Gasteiger partial charge on any atom is -0.497 e. The molecule has 0 spiro atoms. The van der Waals surface area contributed by atoms with Crippen LogP contribution in [-0.4, -0.2) is 39.3 Å². The number of Topliss-reactive ketones (excluding diaryl/α,β-unsaturated/α-hetero) is 1. The largest absolute Gasteiger partial charge is 0.497 e. The van der Waals surface area contributed by atoms with E-state index < -0.39 is 6.04 Å². The Morgan fingerprint density at radius 2 is 1.89 bits per heavy atom. The van der Waals surface area contributed by atoms with Gasteiger partial charge in [-0.05, 0) is 48.7 Å². The number of allylic oxidation sites excluding steroid dienone is 1. The number of hydrogen-bond donors (Lipinski definition) is 1. The number of amides is 1. The van der Waals surface area contributed by atoms with Gasteiger partial charge >= 0.3 is 0 Å². The van der Waals surface area contributed by atoms with Gasteiger partial charge in [-0.25, -0.2) is 0 Å². The molecule has 1 N–H and O–H groups in total. The quantitative estimate of drug-likeness (QED) is 0.192. The highest BCUT2D eigenvalue weighted by Gasteiger charge is 2.25. The van der Waals surface area contributed by atoms with Crippen LogP contribution < -0.4 is 10.1 Å². The van der Waals surface area contributed by atoms with Crippen LogP contribution in [0.3, 0.4) is 0 Å². The minimum absolute atomic E-state index is 0.0295. The molecule has 9 heteroatoms. The maximum absolute atomic E-state index is 13.0. The van der Waals surface area contributed by atoms with Crippen LogP contribution in [-0.2, 0) is 6.54 Å². The smallest absolute Gasteiger partial charge is 0.253 e. The Kier molecular flexibility index (Phi) is 9.51. The molecule has 0 saturated carbocycles. The summed E-state index contributed by atoms with van der Waals surface area (Å²) in [6.07, 6.45) is 2.39. The Labute approximate surface area is 214 Å². The summed E-state index contributed by atoms with van der Waals surface area (Å²) in [7, 11) is 1.58. The van der Waals surface area contributed by atoms with Gasteiger partial charge in [0.25, 0.3) is 5.91 Å². The average molecular weight is 513 g/mol. The van der Waals surface area contributed by atoms with Gasteiger partial charge < -0.3 is 14.6 Å². The molecule has 3 aromatic rings. The lowest BCUT2D eigenvalue weighted by Crippen LogP contribution is -2.32. The van der Waals surface area contributed by atoms with E-state index in [1.807, 2.05) is 4.57 Å². The molecule has 0 bridgehead atoms. The summed E-state index contributed by atoms with van der Waals surface area (Å²) in [5.41, 5.74) is 0.996. The predicted octanol–water partition coefficient (Wildman–Crippen LogP) is 5.62. The second kappa shape index (κ2) is 12.6. The summed E-state index contributed by atoms with van der Waals surface area (Å²) in [5, 5.41) is 12.8. The number of nitrogens with one attached hydrogen (secondary N) is 1. The molecule has 0 aliphatic heterocycles. The van der Waals surface area contributed by atoms with Crippen molar-refractivity contribution in [3.8, 4) is 5.75 Å². The van der Waals surface area contributed by atoms with Crippen LogP contribution in [0.25, 0.3) is 0 Å². The van der Waals surface area contributed by atoms with Gasteiger partial charge in [-0.15, -0.1) is 16.8 Å². The fourth-order valence-corrected chi connectivity index (χ4v) is 4.61. The molecule has 35 heavy (non-hydrogen) atoms. The molecular formula is C26H29ClN4O3S. The number of benzene rings is 2. The SMILES string of the molecule is C=CCn1c(SCC(=O)c2ccc(OC)cc2)nnc1[C@H](CC(C)C)NC(=O)c1ccccc1Cl. The number of ketones is 1. The number of rotatable bonds is 12. The Hall–Kier alpha value is -3.10. The van der Waals surface area contributed by atoms with Crippen LogP contribution in [0.1, 0.15) is 52.9 Å². The first kappa shape index (κ1) is 26.5. The number of carbonyl (C=O) groups excluding carboxylic acids is 2. The molecule has 3 rings (SSSR count). The van der Waals surface area contributed by atoms with Crippen LogP contribution in [0, 0.1) is 5.92 Å². The maximum Gasteiger partial charge on any atom is 0.253 e. The first-order valence-corrected chi connectivity index (χ1v) is 12.6. The fourth-order valence-electron chi connectivity index (χ4n) is 3.54. The van der Waals surface area contributed by atoms with Crippen LogP contribution in [0.4, 0.5) is 0 Å². The monoisotopic (exact) mass is 512 g/mol. The summed E-state index contributed by atoms with van der Waals surface area (Å²) in [6.45, 7) is 8.44. The average Bonchev–Trinajstić information content (AvgIpc) is 3.24. The summed E-state index contributed by atoms with van der Waals surface area (Å²) < 4.78 is 7.04. The number of nitrogens with zero attached hydrogens (tertiary/aromatic N) is 3. The van der Waals surface area contributed by atoms with Crippen molar-refractivity contribution in [3.05, 3.63) is 83.2 Å². The lowest BCUT2D eigenvalue weighted by atomic mass is 10.0. The summed E-state index contributed by atoms with van der Waals surface area (Å²) in [4.78, 5) is 25.7. The third-order valence-electron chi connectivity index (χ3n) is 5.24. The van der Waals surface area contributed by atoms with Gasteiger partial charge in [-0.3, -0.25) is 9.59 Å². The topological polar surface area (TPSA) is 86.1 Å². The Bertz CT molecular complexity index is 1180. The van der Waals surface area contributed by atoms with Gasteiger partial charge in [0.15, 0.2) is 16.8 Å². The van der Waals surface area contributed by atoms with Gasteiger partial charge in [-0.1, -0.05) is 55.4 Å². The highest BCUT2D eigenvalue weighted by Crippen LogP contribution is 2.27. The Morgan fingerprint density at radius 1 is 1.17 bits per heavy atom. The van der Waals surface area contributed by atoms with Gasteiger partial charge in [0, 0.05) is 12.1 Å². The Morgan fingerprint density at radius 3 is 2.51 bits per heavy atom. The van der Waals surface area contributed by atoms with Crippen LogP contribution >= 0.6 is 23.4 Å². The zero-order valence-corrected chi connectivity index (χ0v) is 21.6. The van der Waals surface area contributed by atoms with Gasteiger partial charge in [0.1, 0.15) is 5.75 Å². The number of thioether (sulfide) groups is 1. The van der Waals surface area contributed by atoms with Crippen LogP contribution in [0.15, 0.2) is 66.3 Å². The van der Waals surface area contributed by atoms with Gasteiger partial charge in [0.05, 0.1) is 29.5 Å². The van der Waals surface area contributed by atoms with E-state index in [9.17, 15) is 9.59 Å². The summed E-state index contributed by atoms with van der Waals surface area (Å²) >= 11 is 7.53. The van der Waals surface area contributed by atoms with Gasteiger partial charge in [0.2, 0.25) is 0 Å². The number of methoxy groups -OCH3 is 1. The molecule has 1 aromatic heterocycles. The van der Waals surface area contributed by atoms with E-state index in [-0.39, 0.29) is 23.4 Å². The highest BCUT2D eigenvalue weighted by molar-refractivity contribution is 7.99. The number of carbonyl (C=O) groups is 2. The first-order chi connectivity index (χ1) is 16.8. The molecule has 2 aromatic carbocycles. The van der Waals surface area contributed by atoms with Crippen molar-refractivity contribution >= 4 is 35.1 Å². The molecule has 0 unspecified atom stereocenters. The minimum atomic E-state index is -0.391. The van der Waals surface area contributed by atoms with E-state index in [1.165, 1.54) is 11.8 Å². The predicted molar refractivity (Wildman–Crippen MR) is 139 cm³/mol. The molecule has 0 radical (unpaired) electrons. The second-order valence-electron chi connectivity index (χ2n) is 8.32. The highest BCUT2D eigenvalue weighted by atomic mass is 35.5. The maximum atomic E-state index is 13.0. The van der Waals surface area contributed by atoms with E-state index in [4.69, 9.17) is 16.3 Å². The normalized spacial score (nSPS) is 11.8. The summed E-state index contributed by atoms with van der Waals surface area (Å²) in [6, 6.07) is 13.5. The van der Waals surface area contributed by atoms with Gasteiger partial charge in [-0.2, -0.15) is 0 Å². The molecule has 1 amide bonds. The van der Waals surface area contributed by atoms with Crippen molar-refractivity contribution in [2.45, 2.75) is 38.0 Å². The number of hydrogen-bond acceptors (Lipinski definition) is 6. The lowest BCUT2D eigenvalue weighted by molar-refractivity contribution is 0.0928. The van der Waals surface area contributed by atoms with Crippen molar-refractivity contribution in [2.75, 3.05) is 12.9 Å². The summed E-state index contributed by atoms with van der Waals surface area (Å²) in [5.74, 6) is 1.48. The van der Waals surface area contributed by atoms with Crippen molar-refractivity contribution in [2.24, 2.45) is 5.92 Å². The van der Waals surface area contributed by atoms with Crippen LogP contribution in [0.5, 0.6) is 5.75 Å². The zero-order chi connectivity index (χ0) is 25.4. The molecule has 1 atom stereocenters. The molecular weight excluding hydrogens is 484 g/mol. The third kappa shape index (κ3) is 6.96. The third-order valence-corrected chi connectivity index (χ3v) is 6.54. The molecule has 0 aliphatic carbocycles.